The minimum absolute atomic E-state index is 0.176. The molecule has 2 amide bonds. The second-order valence-electron chi connectivity index (χ2n) is 9.34. The molecule has 0 aliphatic carbocycles. The third kappa shape index (κ3) is 5.48. The second-order valence-corrected chi connectivity index (χ2v) is 11.2. The molecule has 7 nitrogen and oxygen atoms in total. The molecule has 41 heavy (non-hydrogen) atoms. The van der Waals surface area contributed by atoms with E-state index in [2.05, 4.69) is 16.8 Å². The van der Waals surface area contributed by atoms with Crippen LogP contribution >= 0.6 is 23.1 Å². The lowest BCUT2D eigenvalue weighted by Gasteiger charge is -2.23. The number of nitrogens with zero attached hydrogens (tertiary/aromatic N) is 3. The Kier molecular flexibility index (Phi) is 7.58. The Morgan fingerprint density at radius 2 is 1.80 bits per heavy atom. The number of rotatable bonds is 7. The zero-order chi connectivity index (χ0) is 28.3. The van der Waals surface area contributed by atoms with Gasteiger partial charge in [-0.1, -0.05) is 30.3 Å². The zero-order valence-electron chi connectivity index (χ0n) is 22.0. The van der Waals surface area contributed by atoms with Gasteiger partial charge in [-0.25, -0.2) is 9.07 Å². The number of anilines is 2. The van der Waals surface area contributed by atoms with Gasteiger partial charge in [0.05, 0.1) is 29.5 Å². The van der Waals surface area contributed by atoms with Crippen molar-refractivity contribution in [3.8, 4) is 22.7 Å². The molecule has 0 fully saturated rings. The van der Waals surface area contributed by atoms with Crippen LogP contribution in [0.1, 0.15) is 16.4 Å². The number of carbonyl (C=O) groups is 2. The van der Waals surface area contributed by atoms with Crippen molar-refractivity contribution < 1.29 is 18.7 Å². The number of thioether (sulfide) groups is 1. The molecule has 5 aromatic rings. The molecular formula is C31H25FN4O3S2. The van der Waals surface area contributed by atoms with Gasteiger partial charge in [0.1, 0.15) is 23.9 Å². The Hall–Kier alpha value is -4.41. The maximum atomic E-state index is 13.8. The van der Waals surface area contributed by atoms with Gasteiger partial charge in [-0.2, -0.15) is 16.4 Å². The Labute approximate surface area is 244 Å². The largest absolute Gasteiger partial charge is 0.497 e. The highest BCUT2D eigenvalue weighted by Crippen LogP contribution is 2.49. The number of hydrogen-bond acceptors (Lipinski definition) is 6. The fourth-order valence-electron chi connectivity index (χ4n) is 4.80. The van der Waals surface area contributed by atoms with Crippen LogP contribution in [-0.4, -0.2) is 41.0 Å². The van der Waals surface area contributed by atoms with Crippen LogP contribution in [0.2, 0.25) is 0 Å². The summed E-state index contributed by atoms with van der Waals surface area (Å²) < 4.78 is 20.5. The highest BCUT2D eigenvalue weighted by molar-refractivity contribution is 8.00. The number of nitrogens with one attached hydrogen (secondary N) is 1. The number of benzene rings is 3. The van der Waals surface area contributed by atoms with Crippen LogP contribution in [0.25, 0.3) is 16.9 Å². The molecule has 10 heteroatoms. The predicted molar refractivity (Wildman–Crippen MR) is 162 cm³/mol. The van der Waals surface area contributed by atoms with E-state index in [0.29, 0.717) is 17.3 Å². The first-order valence-electron chi connectivity index (χ1n) is 12.8. The SMILES string of the molecule is COc1ccc(-n2nc(-c3ccccc3)c3c2N(CC(=O)Nc2ccc(F)cc2)C(=O)CSC3c2ccsc2)cc1. The van der Waals surface area contributed by atoms with Gasteiger partial charge in [-0.05, 0) is 70.9 Å². The van der Waals surface area contributed by atoms with Crippen LogP contribution in [0.4, 0.5) is 15.9 Å². The van der Waals surface area contributed by atoms with E-state index in [1.807, 2.05) is 60.0 Å². The van der Waals surface area contributed by atoms with E-state index in [9.17, 15) is 14.0 Å². The molecule has 6 rings (SSSR count). The molecule has 0 spiro atoms. The van der Waals surface area contributed by atoms with Crippen molar-refractivity contribution in [1.29, 1.82) is 0 Å². The highest BCUT2D eigenvalue weighted by atomic mass is 32.2. The molecule has 0 bridgehead atoms. The molecule has 3 aromatic carbocycles. The maximum absolute atomic E-state index is 13.8. The van der Waals surface area contributed by atoms with E-state index in [-0.39, 0.29) is 23.5 Å². The normalized spacial score (nSPS) is 14.8. The third-order valence-corrected chi connectivity index (χ3v) is 8.69. The molecule has 1 aliphatic heterocycles. The van der Waals surface area contributed by atoms with Crippen molar-refractivity contribution in [3.05, 3.63) is 113 Å². The first-order chi connectivity index (χ1) is 20.0. The number of halogens is 1. The van der Waals surface area contributed by atoms with Gasteiger partial charge in [0.25, 0.3) is 0 Å². The molecule has 1 unspecified atom stereocenters. The van der Waals surface area contributed by atoms with Crippen molar-refractivity contribution in [3.63, 3.8) is 0 Å². The van der Waals surface area contributed by atoms with E-state index in [4.69, 9.17) is 9.84 Å². The molecule has 0 saturated heterocycles. The molecule has 0 radical (unpaired) electrons. The average molecular weight is 585 g/mol. The second kappa shape index (κ2) is 11.6. The van der Waals surface area contributed by atoms with Gasteiger partial charge < -0.3 is 10.1 Å². The molecule has 2 aromatic heterocycles. The molecule has 0 saturated carbocycles. The summed E-state index contributed by atoms with van der Waals surface area (Å²) in [5.41, 5.74) is 4.73. The summed E-state index contributed by atoms with van der Waals surface area (Å²) >= 11 is 3.12. The van der Waals surface area contributed by atoms with Gasteiger partial charge in [0.15, 0.2) is 0 Å². The molecule has 206 valence electrons. The monoisotopic (exact) mass is 584 g/mol. The van der Waals surface area contributed by atoms with Crippen LogP contribution < -0.4 is 15.0 Å². The van der Waals surface area contributed by atoms with Crippen molar-refractivity contribution in [1.82, 2.24) is 9.78 Å². The maximum Gasteiger partial charge on any atom is 0.244 e. The third-order valence-electron chi connectivity index (χ3n) is 6.73. The Bertz CT molecular complexity index is 1670. The smallest absolute Gasteiger partial charge is 0.244 e. The Morgan fingerprint density at radius 1 is 1.05 bits per heavy atom. The van der Waals surface area contributed by atoms with Crippen molar-refractivity contribution >= 4 is 46.4 Å². The number of methoxy groups -OCH3 is 1. The molecule has 1 N–H and O–H groups in total. The summed E-state index contributed by atoms with van der Waals surface area (Å²) in [5, 5.41) is 11.8. The number of fused-ring (bicyclic) bond motifs is 1. The topological polar surface area (TPSA) is 76.5 Å². The lowest BCUT2D eigenvalue weighted by molar-refractivity contribution is -0.120. The molecule has 1 atom stereocenters. The van der Waals surface area contributed by atoms with Gasteiger partial charge in [0, 0.05) is 16.8 Å². The fourth-order valence-corrected chi connectivity index (χ4v) is 6.76. The lowest BCUT2D eigenvalue weighted by Crippen LogP contribution is -2.40. The lowest BCUT2D eigenvalue weighted by atomic mass is 10.0. The average Bonchev–Trinajstić information content (AvgIpc) is 3.64. The first-order valence-corrected chi connectivity index (χ1v) is 14.8. The van der Waals surface area contributed by atoms with Crippen LogP contribution in [-0.2, 0) is 9.59 Å². The summed E-state index contributed by atoms with van der Waals surface area (Å²) in [7, 11) is 1.60. The predicted octanol–water partition coefficient (Wildman–Crippen LogP) is 6.56. The van der Waals surface area contributed by atoms with Crippen LogP contribution in [0.5, 0.6) is 5.75 Å². The Morgan fingerprint density at radius 3 is 2.49 bits per heavy atom. The molecule has 1 aliphatic rings. The minimum atomic E-state index is -0.404. The van der Waals surface area contributed by atoms with E-state index in [1.165, 1.54) is 40.9 Å². The number of amides is 2. The zero-order valence-corrected chi connectivity index (χ0v) is 23.6. The Balaban J connectivity index is 1.53. The first kappa shape index (κ1) is 26.8. The van der Waals surface area contributed by atoms with Crippen LogP contribution in [0.3, 0.4) is 0 Å². The fraction of sp³-hybridized carbons (Fsp3) is 0.129. The van der Waals surface area contributed by atoms with Crippen LogP contribution in [0, 0.1) is 5.82 Å². The van der Waals surface area contributed by atoms with Crippen molar-refractivity contribution in [2.24, 2.45) is 0 Å². The molecule has 3 heterocycles. The summed E-state index contributed by atoms with van der Waals surface area (Å²) in [6.07, 6.45) is 0. The quantitative estimate of drug-likeness (QED) is 0.235. The number of carbonyl (C=O) groups excluding carboxylic acids is 2. The number of thiophene rings is 1. The highest BCUT2D eigenvalue weighted by Gasteiger charge is 2.37. The van der Waals surface area contributed by atoms with E-state index < -0.39 is 11.7 Å². The van der Waals surface area contributed by atoms with E-state index >= 15 is 0 Å². The van der Waals surface area contributed by atoms with Crippen LogP contribution in [0.15, 0.2) is 95.7 Å². The standard InChI is InChI=1S/C31H25FN4O3S2/c1-39-25-13-11-24(12-14-25)36-31-28(29(34-36)20-5-3-2-4-6-20)30(21-15-16-40-18-21)41-19-27(38)35(31)17-26(37)33-23-9-7-22(32)8-10-23/h2-16,18,30H,17,19H2,1H3,(H,33,37). The summed E-state index contributed by atoms with van der Waals surface area (Å²) in [6.45, 7) is -0.240. The molecular weight excluding hydrogens is 559 g/mol. The van der Waals surface area contributed by atoms with E-state index in [0.717, 1.165) is 28.1 Å². The van der Waals surface area contributed by atoms with Crippen molar-refractivity contribution in [2.45, 2.75) is 5.25 Å². The van der Waals surface area contributed by atoms with Gasteiger partial charge in [0.2, 0.25) is 11.8 Å². The summed E-state index contributed by atoms with van der Waals surface area (Å²) in [4.78, 5) is 28.6. The van der Waals surface area contributed by atoms with E-state index in [1.54, 1.807) is 23.1 Å². The minimum Gasteiger partial charge on any atom is -0.497 e. The summed E-state index contributed by atoms with van der Waals surface area (Å²) in [5.74, 6) is 0.387. The van der Waals surface area contributed by atoms with Gasteiger partial charge in [-0.15, -0.1) is 11.8 Å². The van der Waals surface area contributed by atoms with Gasteiger partial charge in [-0.3, -0.25) is 14.5 Å². The number of ether oxygens (including phenoxy) is 1. The number of aromatic nitrogens is 2. The van der Waals surface area contributed by atoms with Gasteiger partial charge >= 0.3 is 0 Å². The van der Waals surface area contributed by atoms with Crippen molar-refractivity contribution in [2.75, 3.05) is 29.6 Å². The number of hydrogen-bond donors (Lipinski definition) is 1. The summed E-state index contributed by atoms with van der Waals surface area (Å²) in [6, 6.07) is 24.9.